The van der Waals surface area contributed by atoms with E-state index in [-0.39, 0.29) is 123 Å². The van der Waals surface area contributed by atoms with Gasteiger partial charge in [0.05, 0.1) is 64.7 Å². The number of hydrogen-bond donors (Lipinski definition) is 1. The van der Waals surface area contributed by atoms with Crippen LogP contribution in [-0.2, 0) is 64.8 Å². The van der Waals surface area contributed by atoms with Gasteiger partial charge in [0, 0.05) is 101 Å². The Bertz CT molecular complexity index is 5820. The van der Waals surface area contributed by atoms with E-state index in [0.717, 1.165) is 88.0 Å². The number of amides is 4. The number of hydrogen-bond acceptors (Lipinski definition) is 15. The molecule has 0 bridgehead atoms. The molecule has 0 saturated heterocycles. The van der Waals surface area contributed by atoms with Crippen molar-refractivity contribution in [3.05, 3.63) is 281 Å². The molecule has 0 radical (unpaired) electrons. The van der Waals surface area contributed by atoms with Gasteiger partial charge in [-0.15, -0.1) is 0 Å². The minimum Gasteiger partial charge on any atom is -0.493 e. The van der Waals surface area contributed by atoms with Crippen molar-refractivity contribution in [2.24, 2.45) is 9.98 Å². The molecule has 0 saturated carbocycles. The van der Waals surface area contributed by atoms with E-state index < -0.39 is 36.8 Å². The zero-order valence-electron chi connectivity index (χ0n) is 66.0. The maximum absolute atomic E-state index is 14.0. The Kier molecular flexibility index (Phi) is 15.7. The van der Waals surface area contributed by atoms with Gasteiger partial charge in [0.15, 0.2) is 23.0 Å². The highest BCUT2D eigenvalue weighted by molar-refractivity contribution is 6.16. The molecule has 2 N–H and O–H groups in total. The molecule has 10 aromatic carbocycles. The second-order valence-electron chi connectivity index (χ2n) is 27.4. The molecule has 538 valence electrons. The van der Waals surface area contributed by atoms with Crippen LogP contribution in [0, 0.1) is 24.0 Å². The van der Waals surface area contributed by atoms with Crippen LogP contribution in [0.3, 0.4) is 0 Å². The van der Waals surface area contributed by atoms with Crippen LogP contribution in [0.25, 0.3) is 0 Å². The molecule has 0 aromatic heterocycles. The van der Waals surface area contributed by atoms with Crippen LogP contribution in [0.2, 0.25) is 0 Å². The van der Waals surface area contributed by atoms with Gasteiger partial charge in [-0.1, -0.05) is 80.2 Å². The van der Waals surface area contributed by atoms with Crippen LogP contribution in [0.4, 0.5) is 45.5 Å². The molecule has 10 aromatic rings. The number of carbonyl (C=O) groups is 4. The third-order valence-electron chi connectivity index (χ3n) is 20.8. The fourth-order valence-corrected chi connectivity index (χ4v) is 15.7. The first-order valence-electron chi connectivity index (χ1n) is 39.0. The molecule has 20 heteroatoms. The van der Waals surface area contributed by atoms with Crippen molar-refractivity contribution in [3.63, 3.8) is 0 Å². The van der Waals surface area contributed by atoms with E-state index in [1.54, 1.807) is 72.5 Å². The molecule has 18 rings (SSSR count). The third-order valence-corrected chi connectivity index (χ3v) is 20.8. The van der Waals surface area contributed by atoms with E-state index in [4.69, 9.17) is 45.1 Å². The van der Waals surface area contributed by atoms with Crippen LogP contribution in [0.5, 0.6) is 34.5 Å². The monoisotopic (exact) mass is 1430 g/mol. The standard InChI is InChI=1S/C43H36N4O7.C43H38N4O5.CH4/c1-25-13-35-36(44-22-33-18-30-8-4-6-10-38(30)46(33)43(35)49)21-39(25)53-23-26-14-27(16-32(15-26)47(50)51)24-54-41-19-28-11-12-31-17-29-7-3-5-9-37(29)45(31)42(48)34(28)20-40(41)52-2;1-25-13-35-36(45-22-33-18-30-8-4-6-10-38(30)47(33)43(35)49)21-39(25)51-23-26-14-27(16-31(44)15-26)24-52-41-19-28-11-12-32-17-29-7-3-5-9-37(29)46(32)42(48)34(28)20-40(41)50-2;/h3-10,13-16,19-22,31,33H,11-12,17-18,23-24H2,1-2H3;3-10,13-16,19-22,32-33H,11-12,17-18,23-24,44H2,1-2H3;1H4/t31-,33+;32-,33+;/m11./s1/i2*23D2,24D2;. The molecule has 107 heavy (non-hydrogen) atoms. The summed E-state index contributed by atoms with van der Waals surface area (Å²) in [6.45, 7) is -7.13. The molecule has 0 unspecified atom stereocenters. The van der Waals surface area contributed by atoms with E-state index in [9.17, 15) is 29.3 Å². The lowest BCUT2D eigenvalue weighted by atomic mass is 9.99. The average molecular weight is 1440 g/mol. The number of non-ortho nitro benzene ring substituents is 1. The van der Waals surface area contributed by atoms with Gasteiger partial charge in [0.1, 0.15) is 37.7 Å². The van der Waals surface area contributed by atoms with Crippen LogP contribution in [0.15, 0.2) is 192 Å². The fourth-order valence-electron chi connectivity index (χ4n) is 15.7. The molecular weight excluding hydrogens is 1350 g/mol. The number of aliphatic imine (C=N–C) groups is 2. The van der Waals surface area contributed by atoms with Crippen molar-refractivity contribution < 1.29 is 63.5 Å². The van der Waals surface area contributed by atoms with Crippen molar-refractivity contribution in [2.45, 2.75) is 123 Å². The molecule has 8 heterocycles. The van der Waals surface area contributed by atoms with Crippen molar-refractivity contribution in [1.82, 2.24) is 0 Å². The normalized spacial score (nSPS) is 19.4. The molecule has 4 atom stereocenters. The maximum Gasteiger partial charge on any atom is 0.270 e. The highest BCUT2D eigenvalue weighted by atomic mass is 16.6. The van der Waals surface area contributed by atoms with E-state index in [1.165, 1.54) is 44.6 Å². The first kappa shape index (κ1) is 59.8. The molecule has 0 spiro atoms. The summed E-state index contributed by atoms with van der Waals surface area (Å²) < 4.78 is 107. The lowest BCUT2D eigenvalue weighted by Crippen LogP contribution is -2.37. The zero-order chi connectivity index (χ0) is 79.8. The summed E-state index contributed by atoms with van der Waals surface area (Å²) in [4.78, 5) is 83.3. The summed E-state index contributed by atoms with van der Waals surface area (Å²) in [5.41, 5.74) is 17.2. The van der Waals surface area contributed by atoms with Crippen molar-refractivity contribution in [2.75, 3.05) is 39.6 Å². The van der Waals surface area contributed by atoms with Gasteiger partial charge >= 0.3 is 0 Å². The minimum absolute atomic E-state index is 0. The molecule has 20 nitrogen and oxygen atoms in total. The first-order valence-corrected chi connectivity index (χ1v) is 35.0. The Balaban J connectivity index is 0.000000171. The highest BCUT2D eigenvalue weighted by Crippen LogP contribution is 2.46. The number of carbonyl (C=O) groups excluding carboxylic acids is 4. The molecule has 4 amide bonds. The molecule has 8 aliphatic rings. The second-order valence-corrected chi connectivity index (χ2v) is 27.4. The largest absolute Gasteiger partial charge is 0.493 e. The highest BCUT2D eigenvalue weighted by Gasteiger charge is 2.42. The quantitative estimate of drug-likeness (QED) is 0.0572. The number of methoxy groups -OCH3 is 2. The number of nitrogen functional groups attached to an aromatic ring is 1. The number of fused-ring (bicyclic) bond motifs is 16. The summed E-state index contributed by atoms with van der Waals surface area (Å²) in [6.07, 6.45) is 8.63. The Labute approximate surface area is 630 Å². The van der Waals surface area contributed by atoms with Gasteiger partial charge in [-0.3, -0.25) is 49.1 Å². The molecular formula is C87H78N8O12. The van der Waals surface area contributed by atoms with Gasteiger partial charge in [0.2, 0.25) is 0 Å². The summed E-state index contributed by atoms with van der Waals surface area (Å²) in [7, 11) is 2.79. The molecule has 0 aliphatic carbocycles. The van der Waals surface area contributed by atoms with Crippen LogP contribution < -0.4 is 53.8 Å². The lowest BCUT2D eigenvalue weighted by Gasteiger charge is -2.23. The third kappa shape index (κ3) is 12.8. The topological polar surface area (TPSA) is 230 Å². The summed E-state index contributed by atoms with van der Waals surface area (Å²) in [5, 5.41) is 12.2. The maximum atomic E-state index is 14.0. The Morgan fingerprint density at radius 3 is 1.19 bits per heavy atom. The van der Waals surface area contributed by atoms with E-state index in [2.05, 4.69) is 9.98 Å². The zero-order valence-corrected chi connectivity index (χ0v) is 58.0. The van der Waals surface area contributed by atoms with Crippen molar-refractivity contribution >= 4 is 81.6 Å². The van der Waals surface area contributed by atoms with Crippen LogP contribution in [-0.4, -0.2) is 79.4 Å². The van der Waals surface area contributed by atoms with E-state index >= 15 is 0 Å². The number of rotatable bonds is 15. The fraction of sp³-hybridized carbons (Fsp3) is 0.241. The minimum atomic E-state index is -2.76. The van der Waals surface area contributed by atoms with E-state index in [0.29, 0.717) is 76.7 Å². The Morgan fingerprint density at radius 1 is 0.439 bits per heavy atom. The number of nitrogens with two attached hydrogens (primary N) is 1. The number of ether oxygens (including phenoxy) is 6. The summed E-state index contributed by atoms with van der Waals surface area (Å²) in [5.74, 6) is -0.273. The van der Waals surface area contributed by atoms with Gasteiger partial charge in [-0.25, -0.2) is 0 Å². The van der Waals surface area contributed by atoms with Gasteiger partial charge in [-0.2, -0.15) is 0 Å². The van der Waals surface area contributed by atoms with Crippen LogP contribution >= 0.6 is 0 Å². The number of aryl methyl sites for hydroxylation is 4. The average Bonchev–Trinajstić information content (AvgIpc) is 1.65. The molecule has 8 aliphatic heterocycles. The van der Waals surface area contributed by atoms with E-state index in [1.807, 2.05) is 107 Å². The SMILES string of the molecule is C.[2H]C([2H])(Oc1cc2c(cc1C)C(=O)N1c3ccccc3C[C@H]1C=N2)c1cc(N)cc(C([2H])([2H])Oc2cc3c(cc2OC)C(=O)N2c4ccccc4C[C@H]2CC3)c1.[2H]C([2H])(Oc1cc2c(cc1C)C(=O)N1c3ccccc3C[C@H]1C=N2)c1cc([N+](=O)[O-])cc(C([2H])([2H])Oc2cc3c(cc2OC)C(=O)N2c4ccccc4C[C@H]2CC3)c1. The number of nitrogens with zero attached hydrogens (tertiary/aromatic N) is 7. The van der Waals surface area contributed by atoms with Gasteiger partial charge in [-0.05, 0) is 204 Å². The van der Waals surface area contributed by atoms with Crippen molar-refractivity contribution in [1.29, 1.82) is 0 Å². The number of benzene rings is 10. The number of anilines is 5. The van der Waals surface area contributed by atoms with Crippen LogP contribution in [0.1, 0.15) is 139 Å². The second kappa shape index (κ2) is 28.1. The predicted molar refractivity (Wildman–Crippen MR) is 412 cm³/mol. The first-order chi connectivity index (χ1) is 54.5. The summed E-state index contributed by atoms with van der Waals surface area (Å²) >= 11 is 0. The van der Waals surface area contributed by atoms with Gasteiger partial charge in [0.25, 0.3) is 29.3 Å². The Morgan fingerprint density at radius 2 is 0.794 bits per heavy atom. The van der Waals surface area contributed by atoms with Crippen molar-refractivity contribution in [3.8, 4) is 34.5 Å². The lowest BCUT2D eigenvalue weighted by molar-refractivity contribution is -0.385. The molecule has 0 fully saturated rings. The summed E-state index contributed by atoms with van der Waals surface area (Å²) in [6, 6.07) is 50.3. The smallest absolute Gasteiger partial charge is 0.270 e. The number of nitro benzene ring substituents is 1. The number of nitro groups is 1. The Hall–Kier alpha value is -12.6. The van der Waals surface area contributed by atoms with Gasteiger partial charge < -0.3 is 44.0 Å². The predicted octanol–water partition coefficient (Wildman–Crippen LogP) is 16.1. The number of para-hydroxylation sites is 4.